The first-order valence-electron chi connectivity index (χ1n) is 3.74. The van der Waals surface area contributed by atoms with Gasteiger partial charge >= 0.3 is 0 Å². The third-order valence-electron chi connectivity index (χ3n) is 1.64. The molecule has 13 heavy (non-hydrogen) atoms. The van der Waals surface area contributed by atoms with Gasteiger partial charge in [-0.3, -0.25) is 0 Å². The fourth-order valence-electron chi connectivity index (χ4n) is 1.09. The summed E-state index contributed by atoms with van der Waals surface area (Å²) in [6, 6.07) is 6.79. The molecule has 0 saturated carbocycles. The van der Waals surface area contributed by atoms with Gasteiger partial charge in [0.05, 0.1) is 0 Å². The summed E-state index contributed by atoms with van der Waals surface area (Å²) in [5.41, 5.74) is 1.19. The molecule has 1 aromatic rings. The molecule has 0 radical (unpaired) electrons. The monoisotopic (exact) mass is 196 g/mol. The van der Waals surface area contributed by atoms with Crippen molar-refractivity contribution >= 4 is 13.7 Å². The Bertz CT molecular complexity index is 354. The van der Waals surface area contributed by atoms with E-state index in [2.05, 4.69) is 6.58 Å². The predicted octanol–water partition coefficient (Wildman–Crippen LogP) is 0.743. The van der Waals surface area contributed by atoms with Gasteiger partial charge in [-0.1, -0.05) is 44.5 Å². The molecule has 3 nitrogen and oxygen atoms in total. The van der Waals surface area contributed by atoms with Crippen LogP contribution < -0.4 is 9.79 Å². The van der Waals surface area contributed by atoms with E-state index in [-0.39, 0.29) is 0 Å². The third kappa shape index (κ3) is 3.15. The van der Waals surface area contributed by atoms with Crippen LogP contribution in [-0.4, -0.2) is 0 Å². The van der Waals surface area contributed by atoms with Gasteiger partial charge in [0.25, 0.3) is 0 Å². The average molecular weight is 196 g/mol. The zero-order valence-corrected chi connectivity index (χ0v) is 7.87. The molecule has 0 heterocycles. The zero-order chi connectivity index (χ0) is 9.90. The summed E-state index contributed by atoms with van der Waals surface area (Å²) >= 11 is 0. The first-order chi connectivity index (χ1) is 6.03. The molecule has 0 saturated heterocycles. The summed E-state index contributed by atoms with van der Waals surface area (Å²) in [6.07, 6.45) is 1.08. The second kappa shape index (κ2) is 3.88. The Morgan fingerprint density at radius 3 is 2.54 bits per heavy atom. The lowest BCUT2D eigenvalue weighted by Crippen LogP contribution is -2.15. The molecule has 0 spiro atoms. The van der Waals surface area contributed by atoms with Crippen molar-refractivity contribution in [2.24, 2.45) is 0 Å². The van der Waals surface area contributed by atoms with Gasteiger partial charge in [-0.15, -0.1) is 0 Å². The predicted molar refractivity (Wildman–Crippen MR) is 47.8 cm³/mol. The van der Waals surface area contributed by atoms with E-state index in [0.29, 0.717) is 11.1 Å². The molecule has 1 rings (SSSR count). The molecular formula is C9H9O3P-2. The third-order valence-corrected chi connectivity index (χ3v) is 2.37. The van der Waals surface area contributed by atoms with Crippen molar-refractivity contribution in [3.8, 4) is 0 Å². The van der Waals surface area contributed by atoms with Crippen molar-refractivity contribution in [3.63, 3.8) is 0 Å². The fraction of sp³-hybridized carbons (Fsp3) is 0.111. The smallest absolute Gasteiger partial charge is 0.000815 e. The van der Waals surface area contributed by atoms with Crippen LogP contribution in [0.5, 0.6) is 0 Å². The Morgan fingerprint density at radius 2 is 2.00 bits per heavy atom. The molecule has 0 aliphatic rings. The minimum atomic E-state index is -4.48. The van der Waals surface area contributed by atoms with E-state index in [1.807, 2.05) is 0 Å². The van der Waals surface area contributed by atoms with Gasteiger partial charge in [-0.05, 0) is 11.1 Å². The van der Waals surface area contributed by atoms with Crippen LogP contribution in [0.1, 0.15) is 11.1 Å². The summed E-state index contributed by atoms with van der Waals surface area (Å²) in [6.45, 7) is 3.53. The van der Waals surface area contributed by atoms with Crippen LogP contribution in [0.15, 0.2) is 30.8 Å². The second-order valence-corrected chi connectivity index (χ2v) is 4.21. The summed E-state index contributed by atoms with van der Waals surface area (Å²) in [5.74, 6) is 0. The Morgan fingerprint density at radius 1 is 1.38 bits per heavy atom. The quantitative estimate of drug-likeness (QED) is 0.670. The number of rotatable bonds is 3. The van der Waals surface area contributed by atoms with Gasteiger partial charge in [0.2, 0.25) is 0 Å². The van der Waals surface area contributed by atoms with E-state index in [9.17, 15) is 14.4 Å². The van der Waals surface area contributed by atoms with Gasteiger partial charge in [0, 0.05) is 6.16 Å². The number of hydrogen-bond acceptors (Lipinski definition) is 3. The lowest BCUT2D eigenvalue weighted by molar-refractivity contribution is -0.314. The zero-order valence-electron chi connectivity index (χ0n) is 6.97. The van der Waals surface area contributed by atoms with Crippen LogP contribution >= 0.6 is 7.60 Å². The first kappa shape index (κ1) is 10.2. The Hall–Kier alpha value is -0.890. The molecule has 70 valence electrons. The highest BCUT2D eigenvalue weighted by atomic mass is 31.2. The molecule has 0 bridgehead atoms. The molecule has 0 aliphatic carbocycles. The largest absolute Gasteiger partial charge is 0.810 e. The topological polar surface area (TPSA) is 63.2 Å². The average Bonchev–Trinajstić information content (AvgIpc) is 2.02. The van der Waals surface area contributed by atoms with Crippen molar-refractivity contribution < 1.29 is 14.4 Å². The van der Waals surface area contributed by atoms with Gasteiger partial charge in [0.15, 0.2) is 0 Å². The van der Waals surface area contributed by atoms with Crippen molar-refractivity contribution in [3.05, 3.63) is 42.0 Å². The minimum absolute atomic E-state index is 0.449. The van der Waals surface area contributed by atoms with E-state index < -0.39 is 13.8 Å². The van der Waals surface area contributed by atoms with Crippen molar-refractivity contribution in [2.45, 2.75) is 6.16 Å². The highest BCUT2D eigenvalue weighted by molar-refractivity contribution is 7.47. The van der Waals surface area contributed by atoms with Crippen LogP contribution in [-0.2, 0) is 10.7 Å². The van der Waals surface area contributed by atoms with E-state index in [0.717, 1.165) is 0 Å². The Labute approximate surface area is 76.9 Å². The van der Waals surface area contributed by atoms with E-state index in [4.69, 9.17) is 0 Å². The van der Waals surface area contributed by atoms with Crippen molar-refractivity contribution in [1.82, 2.24) is 0 Å². The normalized spacial score (nSPS) is 11.2. The minimum Gasteiger partial charge on any atom is -0.810 e. The van der Waals surface area contributed by atoms with Gasteiger partial charge in [-0.25, -0.2) is 0 Å². The van der Waals surface area contributed by atoms with Crippen molar-refractivity contribution in [1.29, 1.82) is 0 Å². The van der Waals surface area contributed by atoms with Crippen LogP contribution in [0.2, 0.25) is 0 Å². The molecular weight excluding hydrogens is 187 g/mol. The van der Waals surface area contributed by atoms with E-state index in [1.54, 1.807) is 24.3 Å². The maximum atomic E-state index is 10.5. The molecule has 0 amide bonds. The van der Waals surface area contributed by atoms with Crippen LogP contribution in [0.3, 0.4) is 0 Å². The maximum absolute atomic E-state index is 10.5. The Balaban J connectivity index is 3.00. The molecule has 4 heteroatoms. The standard InChI is InChI=1S/C9H11O3P/c1-2-8-5-3-4-6-9(8)7-13(10,11)12/h2-6H,1,7H2,(H2,10,11,12)/p-2. The maximum Gasteiger partial charge on any atom is 0.000815 e. The van der Waals surface area contributed by atoms with E-state index >= 15 is 0 Å². The highest BCUT2D eigenvalue weighted by Gasteiger charge is 1.99. The molecule has 0 atom stereocenters. The number of hydrogen-bond donors (Lipinski definition) is 0. The fourth-order valence-corrected chi connectivity index (χ4v) is 1.79. The molecule has 0 aliphatic heterocycles. The summed E-state index contributed by atoms with van der Waals surface area (Å²) in [7, 11) is -4.48. The molecule has 1 aromatic carbocycles. The van der Waals surface area contributed by atoms with Crippen LogP contribution in [0.25, 0.3) is 6.08 Å². The molecule has 0 fully saturated rings. The van der Waals surface area contributed by atoms with Crippen LogP contribution in [0, 0.1) is 0 Å². The molecule has 0 unspecified atom stereocenters. The van der Waals surface area contributed by atoms with E-state index in [1.165, 1.54) is 6.08 Å². The SMILES string of the molecule is C=Cc1ccccc1CP(=O)([O-])[O-]. The molecule has 0 N–H and O–H groups in total. The lowest BCUT2D eigenvalue weighted by atomic mass is 10.1. The number of benzene rings is 1. The molecule has 0 aromatic heterocycles. The van der Waals surface area contributed by atoms with Gasteiger partial charge in [-0.2, -0.15) is 0 Å². The van der Waals surface area contributed by atoms with Gasteiger partial charge in [0.1, 0.15) is 0 Å². The van der Waals surface area contributed by atoms with Crippen LogP contribution in [0.4, 0.5) is 0 Å². The summed E-state index contributed by atoms with van der Waals surface area (Å²) in [5, 5.41) is 0. The first-order valence-corrected chi connectivity index (χ1v) is 5.47. The highest BCUT2D eigenvalue weighted by Crippen LogP contribution is 2.30. The van der Waals surface area contributed by atoms with Crippen molar-refractivity contribution in [2.75, 3.05) is 0 Å². The van der Waals surface area contributed by atoms with Gasteiger partial charge < -0.3 is 14.4 Å². The summed E-state index contributed by atoms with van der Waals surface area (Å²) in [4.78, 5) is 21.0. The summed E-state index contributed by atoms with van der Waals surface area (Å²) < 4.78 is 10.5. The lowest BCUT2D eigenvalue weighted by Gasteiger charge is -2.29. The Kier molecular flexibility index (Phi) is 3.04. The second-order valence-electron chi connectivity index (χ2n) is 2.67.